The van der Waals surface area contributed by atoms with Gasteiger partial charge in [-0.2, -0.15) is 0 Å². The Hall–Kier alpha value is -1.16. The molecule has 0 amide bonds. The van der Waals surface area contributed by atoms with Crippen LogP contribution in [0.4, 0.5) is 5.82 Å². The maximum absolute atomic E-state index is 5.80. The summed E-state index contributed by atoms with van der Waals surface area (Å²) >= 11 is 0. The number of aromatic nitrogens is 2. The molecule has 90 valence electrons. The van der Waals surface area contributed by atoms with Crippen molar-refractivity contribution in [3.8, 4) is 0 Å². The van der Waals surface area contributed by atoms with Crippen LogP contribution < -0.4 is 10.9 Å². The van der Waals surface area contributed by atoms with E-state index in [-0.39, 0.29) is 5.41 Å². The van der Waals surface area contributed by atoms with Crippen LogP contribution in [-0.2, 0) is 11.8 Å². The number of nitrogens with two attached hydrogens (primary N) is 1. The fraction of sp³-hybridized carbons (Fsp3) is 0.667. The van der Waals surface area contributed by atoms with Crippen LogP contribution in [0.15, 0.2) is 6.33 Å². The fourth-order valence-electron chi connectivity index (χ4n) is 1.83. The molecule has 0 aromatic carbocycles. The molecule has 0 aliphatic carbocycles. The molecule has 1 aromatic rings. The van der Waals surface area contributed by atoms with E-state index in [2.05, 4.69) is 37.7 Å². The molecule has 1 heterocycles. The summed E-state index contributed by atoms with van der Waals surface area (Å²) in [7, 11) is 1.81. The summed E-state index contributed by atoms with van der Waals surface area (Å²) in [5.41, 5.74) is 2.29. The second-order valence-corrected chi connectivity index (χ2v) is 5.14. The number of hydrazine groups is 1. The number of nitrogens with zero attached hydrogens (tertiary/aromatic N) is 3. The lowest BCUT2D eigenvalue weighted by Crippen LogP contribution is -2.29. The van der Waals surface area contributed by atoms with Crippen LogP contribution in [0.2, 0.25) is 0 Å². The fourth-order valence-corrected chi connectivity index (χ4v) is 1.83. The molecule has 2 N–H and O–H groups in total. The monoisotopic (exact) mass is 222 g/mol. The van der Waals surface area contributed by atoms with Gasteiger partial charge in [0.05, 0.1) is 5.69 Å². The Kier molecular flexibility index (Phi) is 3.86. The van der Waals surface area contributed by atoms with E-state index in [9.17, 15) is 0 Å². The molecule has 0 unspecified atom stereocenters. The Bertz CT molecular complexity index is 353. The molecule has 0 bridgehead atoms. The quantitative estimate of drug-likeness (QED) is 0.628. The molecule has 0 radical (unpaired) electrons. The minimum absolute atomic E-state index is 0.0260. The van der Waals surface area contributed by atoms with Crippen LogP contribution in [0.25, 0.3) is 0 Å². The molecule has 0 aliphatic rings. The highest BCUT2D eigenvalue weighted by Gasteiger charge is 2.22. The molecule has 0 atom stereocenters. The number of hydrogen-bond donors (Lipinski definition) is 1. The van der Waals surface area contributed by atoms with Crippen molar-refractivity contribution in [2.45, 2.75) is 46.0 Å². The highest BCUT2D eigenvalue weighted by atomic mass is 15.4. The van der Waals surface area contributed by atoms with Gasteiger partial charge < -0.3 is 0 Å². The van der Waals surface area contributed by atoms with Crippen molar-refractivity contribution in [3.05, 3.63) is 17.6 Å². The van der Waals surface area contributed by atoms with Crippen molar-refractivity contribution in [1.29, 1.82) is 0 Å². The zero-order chi connectivity index (χ0) is 12.3. The first-order chi connectivity index (χ1) is 7.38. The Morgan fingerprint density at radius 2 is 1.94 bits per heavy atom. The van der Waals surface area contributed by atoms with E-state index in [1.165, 1.54) is 5.56 Å². The summed E-state index contributed by atoms with van der Waals surface area (Å²) in [6, 6.07) is 0. The van der Waals surface area contributed by atoms with Gasteiger partial charge in [0, 0.05) is 18.0 Å². The van der Waals surface area contributed by atoms with Crippen molar-refractivity contribution in [2.75, 3.05) is 12.1 Å². The zero-order valence-electron chi connectivity index (χ0n) is 10.9. The minimum atomic E-state index is 0.0260. The predicted octanol–water partition coefficient (Wildman–Crippen LogP) is 2.04. The third-order valence-electron chi connectivity index (χ3n) is 2.47. The van der Waals surface area contributed by atoms with Crippen molar-refractivity contribution < 1.29 is 0 Å². The largest absolute Gasteiger partial charge is 0.298 e. The van der Waals surface area contributed by atoms with Gasteiger partial charge in [-0.25, -0.2) is 15.8 Å². The highest BCUT2D eigenvalue weighted by Crippen LogP contribution is 2.28. The summed E-state index contributed by atoms with van der Waals surface area (Å²) < 4.78 is 0. The first kappa shape index (κ1) is 12.9. The molecular formula is C12H22N4. The van der Waals surface area contributed by atoms with Crippen LogP contribution in [0, 0.1) is 0 Å². The molecule has 1 aromatic heterocycles. The lowest BCUT2D eigenvalue weighted by Gasteiger charge is -2.24. The summed E-state index contributed by atoms with van der Waals surface area (Å²) in [6.07, 6.45) is 3.63. The molecule has 4 heteroatoms. The van der Waals surface area contributed by atoms with E-state index >= 15 is 0 Å². The zero-order valence-corrected chi connectivity index (χ0v) is 10.9. The van der Waals surface area contributed by atoms with Crippen LogP contribution in [0.5, 0.6) is 0 Å². The van der Waals surface area contributed by atoms with Gasteiger partial charge in [0.25, 0.3) is 0 Å². The molecule has 0 saturated carbocycles. The molecule has 1 rings (SSSR count). The Balaban J connectivity index is 3.32. The average molecular weight is 222 g/mol. The molecule has 0 spiro atoms. The molecule has 0 saturated heterocycles. The highest BCUT2D eigenvalue weighted by molar-refractivity contribution is 5.48. The SMILES string of the molecule is CCCc1c(N(C)N)ncnc1C(C)(C)C. The van der Waals surface area contributed by atoms with Gasteiger partial charge in [0.15, 0.2) is 0 Å². The van der Waals surface area contributed by atoms with E-state index in [1.54, 1.807) is 11.3 Å². The van der Waals surface area contributed by atoms with E-state index < -0.39 is 0 Å². The van der Waals surface area contributed by atoms with Crippen molar-refractivity contribution in [3.63, 3.8) is 0 Å². The van der Waals surface area contributed by atoms with Crippen molar-refractivity contribution >= 4 is 5.82 Å². The van der Waals surface area contributed by atoms with E-state index in [0.29, 0.717) is 0 Å². The number of rotatable bonds is 3. The number of hydrogen-bond acceptors (Lipinski definition) is 4. The molecule has 0 aliphatic heterocycles. The normalized spacial score (nSPS) is 11.6. The minimum Gasteiger partial charge on any atom is -0.298 e. The number of anilines is 1. The van der Waals surface area contributed by atoms with Gasteiger partial charge in [-0.1, -0.05) is 34.1 Å². The summed E-state index contributed by atoms with van der Waals surface area (Å²) in [5.74, 6) is 6.64. The molecule has 4 nitrogen and oxygen atoms in total. The van der Waals surface area contributed by atoms with Gasteiger partial charge in [-0.05, 0) is 6.42 Å². The third-order valence-corrected chi connectivity index (χ3v) is 2.47. The van der Waals surface area contributed by atoms with Crippen LogP contribution in [-0.4, -0.2) is 17.0 Å². The lowest BCUT2D eigenvalue weighted by molar-refractivity contribution is 0.556. The average Bonchev–Trinajstić information content (AvgIpc) is 2.16. The van der Waals surface area contributed by atoms with Crippen LogP contribution in [0.1, 0.15) is 45.4 Å². The van der Waals surface area contributed by atoms with Gasteiger partial charge in [0.2, 0.25) is 0 Å². The van der Waals surface area contributed by atoms with Gasteiger partial charge in [-0.3, -0.25) is 5.01 Å². The predicted molar refractivity (Wildman–Crippen MR) is 67.3 cm³/mol. The Morgan fingerprint density at radius 3 is 2.38 bits per heavy atom. The Morgan fingerprint density at radius 1 is 1.31 bits per heavy atom. The third kappa shape index (κ3) is 2.70. The van der Waals surface area contributed by atoms with Crippen molar-refractivity contribution in [2.24, 2.45) is 5.84 Å². The van der Waals surface area contributed by atoms with Crippen LogP contribution in [0.3, 0.4) is 0 Å². The smallest absolute Gasteiger partial charge is 0.149 e. The first-order valence-electron chi connectivity index (χ1n) is 5.70. The standard InChI is InChI=1S/C12H22N4/c1-6-7-9-10(12(2,3)4)14-8-15-11(9)16(5)13/h8H,6-7,13H2,1-5H3. The maximum atomic E-state index is 5.80. The second kappa shape index (κ2) is 4.78. The second-order valence-electron chi connectivity index (χ2n) is 5.14. The molecule has 0 fully saturated rings. The summed E-state index contributed by atoms with van der Waals surface area (Å²) in [5, 5.41) is 1.57. The molecular weight excluding hydrogens is 200 g/mol. The van der Waals surface area contributed by atoms with E-state index in [1.807, 2.05) is 7.05 Å². The molecule has 16 heavy (non-hydrogen) atoms. The van der Waals surface area contributed by atoms with Crippen LogP contribution >= 0.6 is 0 Å². The van der Waals surface area contributed by atoms with E-state index in [0.717, 1.165) is 24.4 Å². The topological polar surface area (TPSA) is 55.0 Å². The van der Waals surface area contributed by atoms with Gasteiger partial charge in [-0.15, -0.1) is 0 Å². The van der Waals surface area contributed by atoms with E-state index in [4.69, 9.17) is 5.84 Å². The summed E-state index contributed by atoms with van der Waals surface area (Å²) in [6.45, 7) is 8.64. The van der Waals surface area contributed by atoms with Gasteiger partial charge in [0.1, 0.15) is 12.1 Å². The van der Waals surface area contributed by atoms with Crippen molar-refractivity contribution in [1.82, 2.24) is 9.97 Å². The first-order valence-corrected chi connectivity index (χ1v) is 5.70. The van der Waals surface area contributed by atoms with Gasteiger partial charge >= 0.3 is 0 Å². The Labute approximate surface area is 97.9 Å². The summed E-state index contributed by atoms with van der Waals surface area (Å²) in [4.78, 5) is 8.68. The maximum Gasteiger partial charge on any atom is 0.149 e. The lowest BCUT2D eigenvalue weighted by atomic mass is 9.87.